The summed E-state index contributed by atoms with van der Waals surface area (Å²) in [6.07, 6.45) is 5.98. The second kappa shape index (κ2) is 7.69. The van der Waals surface area contributed by atoms with Crippen LogP contribution in [-0.2, 0) is 0 Å². The van der Waals surface area contributed by atoms with Gasteiger partial charge < -0.3 is 10.2 Å². The zero-order valence-corrected chi connectivity index (χ0v) is 13.7. The van der Waals surface area contributed by atoms with Crippen LogP contribution in [0.5, 0.6) is 0 Å². The number of benzene rings is 1. The Morgan fingerprint density at radius 2 is 2.19 bits per heavy atom. The van der Waals surface area contributed by atoms with E-state index in [1.165, 1.54) is 19.3 Å². The number of amides is 1. The van der Waals surface area contributed by atoms with Crippen LogP contribution in [0.15, 0.2) is 18.2 Å². The molecule has 3 nitrogen and oxygen atoms in total. The molecular formula is C17H25ClN2O. The van der Waals surface area contributed by atoms with Crippen LogP contribution >= 0.6 is 11.6 Å². The molecule has 1 unspecified atom stereocenters. The second-order valence-electron chi connectivity index (χ2n) is 5.82. The lowest BCUT2D eigenvalue weighted by Crippen LogP contribution is -2.32. The van der Waals surface area contributed by atoms with Crippen LogP contribution in [-0.4, -0.2) is 30.9 Å². The van der Waals surface area contributed by atoms with Crippen LogP contribution in [0.4, 0.5) is 5.69 Å². The highest BCUT2D eigenvalue weighted by molar-refractivity contribution is 6.31. The number of carbonyl (C=O) groups excluding carboxylic acids is 1. The minimum Gasteiger partial charge on any atom is -0.387 e. The van der Waals surface area contributed by atoms with Crippen molar-refractivity contribution in [1.82, 2.24) is 4.90 Å². The number of carbonyl (C=O) groups is 1. The summed E-state index contributed by atoms with van der Waals surface area (Å²) < 4.78 is 0. The molecule has 2 rings (SSSR count). The number of hydrogen-bond acceptors (Lipinski definition) is 2. The number of hydrogen-bond donors (Lipinski definition) is 1. The predicted molar refractivity (Wildman–Crippen MR) is 89.2 cm³/mol. The van der Waals surface area contributed by atoms with E-state index in [1.807, 2.05) is 24.1 Å². The van der Waals surface area contributed by atoms with Gasteiger partial charge in [-0.05, 0) is 43.4 Å². The average Bonchev–Trinajstić information content (AvgIpc) is 2.72. The summed E-state index contributed by atoms with van der Waals surface area (Å²) in [5.41, 5.74) is 1.53. The molecule has 0 spiro atoms. The van der Waals surface area contributed by atoms with Crippen molar-refractivity contribution in [2.24, 2.45) is 5.92 Å². The number of halogens is 1. The molecular weight excluding hydrogens is 284 g/mol. The fourth-order valence-corrected chi connectivity index (χ4v) is 3.32. The topological polar surface area (TPSA) is 32.3 Å². The summed E-state index contributed by atoms with van der Waals surface area (Å²) in [7, 11) is 1.83. The largest absolute Gasteiger partial charge is 0.387 e. The summed E-state index contributed by atoms with van der Waals surface area (Å²) in [5.74, 6) is 0.870. The third-order valence-corrected chi connectivity index (χ3v) is 4.55. The van der Waals surface area contributed by atoms with Gasteiger partial charge in [-0.1, -0.05) is 31.4 Å². The minimum atomic E-state index is 0.0963. The molecule has 1 fully saturated rings. The maximum absolute atomic E-state index is 12.8. The molecule has 0 aromatic heterocycles. The van der Waals surface area contributed by atoms with Gasteiger partial charge in [0.25, 0.3) is 5.91 Å². The van der Waals surface area contributed by atoms with Crippen molar-refractivity contribution >= 4 is 23.2 Å². The Balaban J connectivity index is 2.11. The summed E-state index contributed by atoms with van der Waals surface area (Å²) in [6.45, 7) is 3.95. The third-order valence-electron chi connectivity index (χ3n) is 4.31. The highest BCUT2D eigenvalue weighted by Crippen LogP contribution is 2.26. The average molecular weight is 309 g/mol. The Morgan fingerprint density at radius 1 is 1.38 bits per heavy atom. The SMILES string of the molecule is CCCC1CCCN(C(=O)c2cc(Cl)ccc2NC)CC1. The molecule has 1 atom stereocenters. The molecule has 1 saturated heterocycles. The summed E-state index contributed by atoms with van der Waals surface area (Å²) in [4.78, 5) is 14.8. The maximum atomic E-state index is 12.8. The predicted octanol–water partition coefficient (Wildman–Crippen LogP) is 4.42. The monoisotopic (exact) mass is 308 g/mol. The fourth-order valence-electron chi connectivity index (χ4n) is 3.15. The van der Waals surface area contributed by atoms with Gasteiger partial charge in [-0.3, -0.25) is 4.79 Å². The van der Waals surface area contributed by atoms with Gasteiger partial charge in [-0.2, -0.15) is 0 Å². The molecule has 1 aromatic rings. The quantitative estimate of drug-likeness (QED) is 0.892. The van der Waals surface area contributed by atoms with E-state index in [0.717, 1.165) is 37.5 Å². The van der Waals surface area contributed by atoms with Gasteiger partial charge in [0.1, 0.15) is 0 Å². The molecule has 1 aliphatic rings. The van der Waals surface area contributed by atoms with Crippen molar-refractivity contribution in [3.63, 3.8) is 0 Å². The molecule has 1 N–H and O–H groups in total. The zero-order chi connectivity index (χ0) is 15.2. The Hall–Kier alpha value is -1.22. The standard InChI is InChI=1S/C17H25ClN2O/c1-3-5-13-6-4-10-20(11-9-13)17(21)15-12-14(18)7-8-16(15)19-2/h7-8,12-13,19H,3-6,9-11H2,1-2H3. The molecule has 21 heavy (non-hydrogen) atoms. The summed E-state index contributed by atoms with van der Waals surface area (Å²) >= 11 is 6.05. The zero-order valence-electron chi connectivity index (χ0n) is 13.0. The first-order valence-electron chi connectivity index (χ1n) is 7.92. The summed E-state index contributed by atoms with van der Waals surface area (Å²) in [6, 6.07) is 5.45. The smallest absolute Gasteiger partial charge is 0.256 e. The Labute approximate surface area is 132 Å². The second-order valence-corrected chi connectivity index (χ2v) is 6.25. The van der Waals surface area contributed by atoms with Crippen molar-refractivity contribution in [1.29, 1.82) is 0 Å². The first-order valence-corrected chi connectivity index (χ1v) is 8.30. The molecule has 1 amide bonds. The summed E-state index contributed by atoms with van der Waals surface area (Å²) in [5, 5.41) is 3.69. The van der Waals surface area contributed by atoms with Crippen molar-refractivity contribution < 1.29 is 4.79 Å². The van der Waals surface area contributed by atoms with Gasteiger partial charge in [0.2, 0.25) is 0 Å². The van der Waals surface area contributed by atoms with Gasteiger partial charge >= 0.3 is 0 Å². The van der Waals surface area contributed by atoms with Crippen molar-refractivity contribution in [2.45, 2.75) is 39.0 Å². The van der Waals surface area contributed by atoms with Crippen molar-refractivity contribution in [3.8, 4) is 0 Å². The van der Waals surface area contributed by atoms with E-state index in [9.17, 15) is 4.79 Å². The number of nitrogens with one attached hydrogen (secondary N) is 1. The number of nitrogens with zero attached hydrogens (tertiary/aromatic N) is 1. The molecule has 1 aromatic carbocycles. The molecule has 1 heterocycles. The lowest BCUT2D eigenvalue weighted by molar-refractivity contribution is 0.0761. The van der Waals surface area contributed by atoms with E-state index in [4.69, 9.17) is 11.6 Å². The van der Waals surface area contributed by atoms with E-state index in [2.05, 4.69) is 12.2 Å². The molecule has 0 bridgehead atoms. The highest BCUT2D eigenvalue weighted by atomic mass is 35.5. The Morgan fingerprint density at radius 3 is 2.90 bits per heavy atom. The van der Waals surface area contributed by atoms with Crippen LogP contribution in [0.3, 0.4) is 0 Å². The van der Waals surface area contributed by atoms with Crippen LogP contribution in [0.1, 0.15) is 49.4 Å². The normalized spacial score (nSPS) is 19.2. The Bertz CT molecular complexity index is 490. The van der Waals surface area contributed by atoms with Crippen LogP contribution < -0.4 is 5.32 Å². The van der Waals surface area contributed by atoms with E-state index in [1.54, 1.807) is 6.07 Å². The van der Waals surface area contributed by atoms with Gasteiger partial charge in [-0.15, -0.1) is 0 Å². The first kappa shape index (κ1) is 16.2. The van der Waals surface area contributed by atoms with Crippen LogP contribution in [0, 0.1) is 5.92 Å². The van der Waals surface area contributed by atoms with Crippen LogP contribution in [0.25, 0.3) is 0 Å². The van der Waals surface area contributed by atoms with E-state index in [0.29, 0.717) is 10.6 Å². The molecule has 0 radical (unpaired) electrons. The Kier molecular flexibility index (Phi) is 5.92. The van der Waals surface area contributed by atoms with E-state index >= 15 is 0 Å². The van der Waals surface area contributed by atoms with Crippen LogP contribution in [0.2, 0.25) is 5.02 Å². The maximum Gasteiger partial charge on any atom is 0.256 e. The molecule has 1 aliphatic heterocycles. The highest BCUT2D eigenvalue weighted by Gasteiger charge is 2.23. The van der Waals surface area contributed by atoms with Gasteiger partial charge in [0, 0.05) is 30.8 Å². The molecule has 116 valence electrons. The lowest BCUT2D eigenvalue weighted by Gasteiger charge is -2.22. The van der Waals surface area contributed by atoms with Gasteiger partial charge in [-0.25, -0.2) is 0 Å². The molecule has 4 heteroatoms. The molecule has 0 saturated carbocycles. The fraction of sp³-hybridized carbons (Fsp3) is 0.588. The molecule has 0 aliphatic carbocycles. The first-order chi connectivity index (χ1) is 10.2. The van der Waals surface area contributed by atoms with Crippen molar-refractivity contribution in [3.05, 3.63) is 28.8 Å². The lowest BCUT2D eigenvalue weighted by atomic mass is 9.96. The number of likely N-dealkylation sites (tertiary alicyclic amines) is 1. The van der Waals surface area contributed by atoms with E-state index < -0.39 is 0 Å². The number of rotatable bonds is 4. The third kappa shape index (κ3) is 4.13. The van der Waals surface area contributed by atoms with Gasteiger partial charge in [0.15, 0.2) is 0 Å². The minimum absolute atomic E-state index is 0.0963. The van der Waals surface area contributed by atoms with Gasteiger partial charge in [0.05, 0.1) is 5.56 Å². The van der Waals surface area contributed by atoms with E-state index in [-0.39, 0.29) is 5.91 Å². The number of anilines is 1. The van der Waals surface area contributed by atoms with Crippen molar-refractivity contribution in [2.75, 3.05) is 25.5 Å².